The monoisotopic (exact) mass is 497 g/mol. The van der Waals surface area contributed by atoms with E-state index >= 15 is 0 Å². The molecule has 2 aromatic rings. The lowest BCUT2D eigenvalue weighted by Gasteiger charge is -2.22. The number of benzene rings is 1. The zero-order valence-electron chi connectivity index (χ0n) is 17.3. The molecule has 28 heavy (non-hydrogen) atoms. The fraction of sp³-hybridized carbons (Fsp3) is 0.524. The van der Waals surface area contributed by atoms with Gasteiger partial charge in [0, 0.05) is 45.8 Å². The van der Waals surface area contributed by atoms with Crippen molar-refractivity contribution < 1.29 is 4.74 Å². The second kappa shape index (κ2) is 10.7. The summed E-state index contributed by atoms with van der Waals surface area (Å²) in [6.45, 7) is 5.21. The largest absolute Gasteiger partial charge is 0.497 e. The van der Waals surface area contributed by atoms with Gasteiger partial charge >= 0.3 is 0 Å². The number of rotatable bonds is 6. The smallest absolute Gasteiger partial charge is 0.193 e. The van der Waals surface area contributed by atoms with Crippen molar-refractivity contribution in [2.75, 3.05) is 33.8 Å². The van der Waals surface area contributed by atoms with Crippen LogP contribution in [0, 0.1) is 0 Å². The molecule has 0 aliphatic carbocycles. The van der Waals surface area contributed by atoms with E-state index in [1.165, 1.54) is 11.1 Å². The number of methoxy groups -OCH3 is 1. The van der Waals surface area contributed by atoms with E-state index in [9.17, 15) is 0 Å². The van der Waals surface area contributed by atoms with E-state index in [2.05, 4.69) is 45.6 Å². The molecule has 0 saturated carbocycles. The van der Waals surface area contributed by atoms with Gasteiger partial charge in [0.05, 0.1) is 13.3 Å². The average molecular weight is 497 g/mol. The fourth-order valence-corrected chi connectivity index (χ4v) is 3.71. The number of guanidine groups is 1. The highest BCUT2D eigenvalue weighted by Gasteiger charge is 2.26. The number of ether oxygens (including phenoxy) is 1. The number of hydrogen-bond acceptors (Lipinski definition) is 3. The van der Waals surface area contributed by atoms with Crippen molar-refractivity contribution >= 4 is 29.9 Å². The minimum Gasteiger partial charge on any atom is -0.497 e. The zero-order valence-corrected chi connectivity index (χ0v) is 19.6. The Morgan fingerprint density at radius 3 is 2.71 bits per heavy atom. The second-order valence-corrected chi connectivity index (χ2v) is 7.32. The highest BCUT2D eigenvalue weighted by molar-refractivity contribution is 14.0. The van der Waals surface area contributed by atoms with Crippen LogP contribution in [0.2, 0.25) is 0 Å². The van der Waals surface area contributed by atoms with Crippen LogP contribution < -0.4 is 10.1 Å². The van der Waals surface area contributed by atoms with E-state index in [4.69, 9.17) is 4.74 Å². The van der Waals surface area contributed by atoms with Crippen LogP contribution in [0.1, 0.15) is 42.7 Å². The first-order valence-electron chi connectivity index (χ1n) is 9.68. The molecule has 0 amide bonds. The number of aliphatic imine (C=N–C) groups is 1. The quantitative estimate of drug-likeness (QED) is 0.377. The number of nitrogens with one attached hydrogen (secondary N) is 1. The molecule has 7 heteroatoms. The third-order valence-corrected chi connectivity index (χ3v) is 5.44. The Balaban J connectivity index is 0.00000280. The van der Waals surface area contributed by atoms with Crippen molar-refractivity contribution in [3.05, 3.63) is 47.8 Å². The topological polar surface area (TPSA) is 54.7 Å². The van der Waals surface area contributed by atoms with Gasteiger partial charge in [-0.2, -0.15) is 5.10 Å². The van der Waals surface area contributed by atoms with Crippen LogP contribution in [0.5, 0.6) is 5.75 Å². The summed E-state index contributed by atoms with van der Waals surface area (Å²) in [5, 5.41) is 7.85. The molecule has 1 N–H and O–H groups in total. The molecule has 0 bridgehead atoms. The van der Waals surface area contributed by atoms with Crippen molar-refractivity contribution in [1.82, 2.24) is 20.0 Å². The Hall–Kier alpha value is -1.77. The first kappa shape index (κ1) is 22.5. The maximum absolute atomic E-state index is 5.24. The Morgan fingerprint density at radius 1 is 1.36 bits per heavy atom. The van der Waals surface area contributed by atoms with Crippen molar-refractivity contribution in [3.63, 3.8) is 0 Å². The van der Waals surface area contributed by atoms with Gasteiger partial charge in [-0.25, -0.2) is 0 Å². The number of nitrogens with zero attached hydrogens (tertiary/aromatic N) is 4. The van der Waals surface area contributed by atoms with Crippen LogP contribution in [0.4, 0.5) is 0 Å². The molecule has 6 nitrogen and oxygen atoms in total. The summed E-state index contributed by atoms with van der Waals surface area (Å²) in [4.78, 5) is 6.85. The summed E-state index contributed by atoms with van der Waals surface area (Å²) in [6, 6.07) is 8.36. The maximum atomic E-state index is 5.24. The summed E-state index contributed by atoms with van der Waals surface area (Å²) in [5.74, 6) is 2.93. The van der Waals surface area contributed by atoms with E-state index in [-0.39, 0.29) is 24.0 Å². The van der Waals surface area contributed by atoms with Crippen molar-refractivity contribution in [1.29, 1.82) is 0 Å². The Bertz CT molecular complexity index is 758. The molecule has 2 heterocycles. The van der Waals surface area contributed by atoms with E-state index in [0.29, 0.717) is 11.8 Å². The molecule has 154 valence electrons. The Morgan fingerprint density at radius 2 is 2.11 bits per heavy atom. The van der Waals surface area contributed by atoms with E-state index in [1.54, 1.807) is 7.11 Å². The van der Waals surface area contributed by atoms with Crippen LogP contribution in [0.25, 0.3) is 0 Å². The molecule has 1 aliphatic heterocycles. The van der Waals surface area contributed by atoms with E-state index in [0.717, 1.165) is 44.2 Å². The van der Waals surface area contributed by atoms with E-state index in [1.807, 2.05) is 37.1 Å². The van der Waals surface area contributed by atoms with Gasteiger partial charge in [0.1, 0.15) is 5.75 Å². The number of aromatic nitrogens is 2. The predicted molar refractivity (Wildman–Crippen MR) is 125 cm³/mol. The van der Waals surface area contributed by atoms with Gasteiger partial charge in [0.2, 0.25) is 0 Å². The van der Waals surface area contributed by atoms with Gasteiger partial charge < -0.3 is 15.0 Å². The van der Waals surface area contributed by atoms with Gasteiger partial charge in [-0.05, 0) is 42.0 Å². The minimum atomic E-state index is 0. The predicted octanol–water partition coefficient (Wildman–Crippen LogP) is 3.61. The summed E-state index contributed by atoms with van der Waals surface area (Å²) >= 11 is 0. The van der Waals surface area contributed by atoms with Gasteiger partial charge in [-0.1, -0.05) is 19.1 Å². The second-order valence-electron chi connectivity index (χ2n) is 7.32. The number of likely N-dealkylation sites (tertiary alicyclic amines) is 1. The average Bonchev–Trinajstić information content (AvgIpc) is 3.34. The van der Waals surface area contributed by atoms with Crippen LogP contribution >= 0.6 is 24.0 Å². The normalized spacial score (nSPS) is 17.9. The molecule has 0 spiro atoms. The standard InChI is InChI=1S/C21H31N5O.HI/c1-16(17-5-7-20(27-4)8-6-17)9-11-23-21(22-2)26-12-10-18(15-26)19-13-24-25(3)14-19;/h5-8,13-14,16,18H,9-12,15H2,1-4H3,(H,22,23);1H. The lowest BCUT2D eigenvalue weighted by atomic mass is 9.98. The maximum Gasteiger partial charge on any atom is 0.193 e. The third-order valence-electron chi connectivity index (χ3n) is 5.44. The number of halogens is 1. The van der Waals surface area contributed by atoms with Crippen LogP contribution in [-0.2, 0) is 7.05 Å². The van der Waals surface area contributed by atoms with E-state index < -0.39 is 0 Å². The first-order chi connectivity index (χ1) is 13.1. The summed E-state index contributed by atoms with van der Waals surface area (Å²) in [7, 11) is 5.54. The van der Waals surface area contributed by atoms with Crippen molar-refractivity contribution in [2.24, 2.45) is 12.0 Å². The van der Waals surface area contributed by atoms with Crippen molar-refractivity contribution in [3.8, 4) is 5.75 Å². The number of hydrogen-bond donors (Lipinski definition) is 1. The van der Waals surface area contributed by atoms with Crippen LogP contribution in [-0.4, -0.2) is 54.4 Å². The summed E-state index contributed by atoms with van der Waals surface area (Å²) in [6.07, 6.45) is 6.32. The van der Waals surface area contributed by atoms with Gasteiger partial charge in [0.25, 0.3) is 0 Å². The lowest BCUT2D eigenvalue weighted by molar-refractivity contribution is 0.414. The molecule has 1 saturated heterocycles. The highest BCUT2D eigenvalue weighted by atomic mass is 127. The van der Waals surface area contributed by atoms with Crippen molar-refractivity contribution in [2.45, 2.75) is 31.6 Å². The SMILES string of the molecule is CN=C(NCCC(C)c1ccc(OC)cc1)N1CCC(c2cnn(C)c2)C1.I. The van der Waals surface area contributed by atoms with Crippen LogP contribution in [0.3, 0.4) is 0 Å². The summed E-state index contributed by atoms with van der Waals surface area (Å²) in [5.41, 5.74) is 2.66. The van der Waals surface area contributed by atoms with Crippen LogP contribution in [0.15, 0.2) is 41.7 Å². The molecular formula is C21H32IN5O. The number of aryl methyl sites for hydroxylation is 1. The molecule has 1 fully saturated rings. The Labute approximate surface area is 185 Å². The Kier molecular flexibility index (Phi) is 8.59. The minimum absolute atomic E-state index is 0. The molecule has 1 aliphatic rings. The first-order valence-corrected chi connectivity index (χ1v) is 9.68. The summed E-state index contributed by atoms with van der Waals surface area (Å²) < 4.78 is 7.12. The fourth-order valence-electron chi connectivity index (χ4n) is 3.71. The third kappa shape index (κ3) is 5.62. The molecule has 2 unspecified atom stereocenters. The molecule has 3 rings (SSSR count). The molecule has 1 aromatic heterocycles. The van der Waals surface area contributed by atoms with Gasteiger partial charge in [0.15, 0.2) is 5.96 Å². The van der Waals surface area contributed by atoms with Gasteiger partial charge in [-0.3, -0.25) is 9.67 Å². The molecule has 2 atom stereocenters. The zero-order chi connectivity index (χ0) is 19.2. The van der Waals surface area contributed by atoms with Gasteiger partial charge in [-0.15, -0.1) is 24.0 Å². The molecular weight excluding hydrogens is 465 g/mol. The molecule has 0 radical (unpaired) electrons. The molecule has 1 aromatic carbocycles. The highest BCUT2D eigenvalue weighted by Crippen LogP contribution is 2.27. The lowest BCUT2D eigenvalue weighted by Crippen LogP contribution is -2.40.